The Hall–Kier alpha value is -2.17. The molecule has 2 fully saturated rings. The van der Waals surface area contributed by atoms with Crippen LogP contribution in [0.2, 0.25) is 0 Å². The molecule has 3 heterocycles. The number of rotatable bonds is 6. The van der Waals surface area contributed by atoms with Crippen LogP contribution in [0.25, 0.3) is 0 Å². The highest BCUT2D eigenvalue weighted by molar-refractivity contribution is 7.99. The fourth-order valence-corrected chi connectivity index (χ4v) is 5.18. The van der Waals surface area contributed by atoms with Crippen LogP contribution in [0.4, 0.5) is 9.93 Å². The van der Waals surface area contributed by atoms with Gasteiger partial charge < -0.3 is 15.0 Å². The standard InChI is InChI=1S/C20H25N5O3S2/c26-17(22-19-24-23-18(30-19)16-7-4-10-28-16)15(13-14-5-2-1-3-6-14)21-20(27)25-8-11-29-12-9-25/h1-3,5-6,15-16H,4,7-13H2,(H,21,27)(H,22,24,26)/t15-,16+/m0/s1. The molecular formula is C20H25N5O3S2. The Morgan fingerprint density at radius 1 is 1.20 bits per heavy atom. The minimum Gasteiger partial charge on any atom is -0.371 e. The predicted octanol–water partition coefficient (Wildman–Crippen LogP) is 2.70. The van der Waals surface area contributed by atoms with E-state index in [2.05, 4.69) is 20.8 Å². The number of anilines is 1. The third kappa shape index (κ3) is 5.50. The second kappa shape index (κ2) is 10.2. The Labute approximate surface area is 183 Å². The van der Waals surface area contributed by atoms with Gasteiger partial charge in [-0.25, -0.2) is 4.79 Å². The van der Waals surface area contributed by atoms with Crippen molar-refractivity contribution in [3.05, 3.63) is 40.9 Å². The lowest BCUT2D eigenvalue weighted by molar-refractivity contribution is -0.118. The first-order valence-corrected chi connectivity index (χ1v) is 12.1. The molecule has 0 unspecified atom stereocenters. The van der Waals surface area contributed by atoms with Crippen LogP contribution in [0.1, 0.15) is 29.5 Å². The van der Waals surface area contributed by atoms with E-state index in [1.807, 2.05) is 42.1 Å². The summed E-state index contributed by atoms with van der Waals surface area (Å²) in [7, 11) is 0. The molecule has 30 heavy (non-hydrogen) atoms. The smallest absolute Gasteiger partial charge is 0.318 e. The van der Waals surface area contributed by atoms with Gasteiger partial charge in [0.1, 0.15) is 17.2 Å². The minimum absolute atomic E-state index is 0.0371. The number of nitrogens with one attached hydrogen (secondary N) is 2. The first-order chi connectivity index (χ1) is 14.7. The number of carbonyl (C=O) groups excluding carboxylic acids is 2. The van der Waals surface area contributed by atoms with Crippen LogP contribution in [0, 0.1) is 0 Å². The first kappa shape index (κ1) is 21.1. The minimum atomic E-state index is -0.704. The zero-order chi connectivity index (χ0) is 20.8. The summed E-state index contributed by atoms with van der Waals surface area (Å²) < 4.78 is 5.63. The van der Waals surface area contributed by atoms with Crippen molar-refractivity contribution in [1.82, 2.24) is 20.4 Å². The number of nitrogens with zero attached hydrogens (tertiary/aromatic N) is 3. The summed E-state index contributed by atoms with van der Waals surface area (Å²) in [5.74, 6) is 1.54. The molecule has 160 valence electrons. The fraction of sp³-hybridized carbons (Fsp3) is 0.500. The maximum Gasteiger partial charge on any atom is 0.318 e. The van der Waals surface area contributed by atoms with E-state index >= 15 is 0 Å². The van der Waals surface area contributed by atoms with Gasteiger partial charge in [-0.3, -0.25) is 10.1 Å². The monoisotopic (exact) mass is 447 g/mol. The van der Waals surface area contributed by atoms with Crippen molar-refractivity contribution in [3.63, 3.8) is 0 Å². The number of thioether (sulfide) groups is 1. The number of ether oxygens (including phenoxy) is 1. The maximum absolute atomic E-state index is 13.0. The van der Waals surface area contributed by atoms with Crippen LogP contribution < -0.4 is 10.6 Å². The molecule has 3 amide bonds. The predicted molar refractivity (Wildman–Crippen MR) is 118 cm³/mol. The highest BCUT2D eigenvalue weighted by Crippen LogP contribution is 2.31. The molecule has 1 aromatic carbocycles. The van der Waals surface area contributed by atoms with Crippen molar-refractivity contribution in [2.24, 2.45) is 0 Å². The van der Waals surface area contributed by atoms with Crippen molar-refractivity contribution in [1.29, 1.82) is 0 Å². The van der Waals surface area contributed by atoms with Gasteiger partial charge in [0.05, 0.1) is 0 Å². The Balaban J connectivity index is 1.43. The average Bonchev–Trinajstić information content (AvgIpc) is 3.46. The van der Waals surface area contributed by atoms with Crippen molar-refractivity contribution in [2.45, 2.75) is 31.4 Å². The molecule has 2 aromatic rings. The van der Waals surface area contributed by atoms with E-state index in [-0.39, 0.29) is 18.0 Å². The second-order valence-electron chi connectivity index (χ2n) is 7.23. The molecule has 2 atom stereocenters. The molecule has 10 heteroatoms. The van der Waals surface area contributed by atoms with Gasteiger partial charge in [0.25, 0.3) is 0 Å². The molecule has 1 aromatic heterocycles. The summed E-state index contributed by atoms with van der Waals surface area (Å²) in [5, 5.41) is 15.2. The number of benzene rings is 1. The summed E-state index contributed by atoms with van der Waals surface area (Å²) in [6.07, 6.45) is 2.29. The SMILES string of the molecule is O=C(Nc1nnc([C@H]2CCCO2)s1)[C@H](Cc1ccccc1)NC(=O)N1CCSCC1. The molecule has 0 bridgehead atoms. The Morgan fingerprint density at radius 3 is 2.73 bits per heavy atom. The third-order valence-electron chi connectivity index (χ3n) is 5.07. The lowest BCUT2D eigenvalue weighted by Gasteiger charge is -2.28. The Kier molecular flexibility index (Phi) is 7.19. The summed E-state index contributed by atoms with van der Waals surface area (Å²) in [6, 6.07) is 8.76. The number of hydrogen-bond acceptors (Lipinski definition) is 7. The third-order valence-corrected chi connectivity index (χ3v) is 6.94. The summed E-state index contributed by atoms with van der Waals surface area (Å²) >= 11 is 3.16. The molecule has 0 radical (unpaired) electrons. The van der Waals surface area contributed by atoms with Gasteiger partial charge in [0, 0.05) is 37.6 Å². The van der Waals surface area contributed by atoms with Crippen LogP contribution in [-0.2, 0) is 16.0 Å². The lowest BCUT2D eigenvalue weighted by Crippen LogP contribution is -2.52. The van der Waals surface area contributed by atoms with Gasteiger partial charge in [-0.05, 0) is 18.4 Å². The summed E-state index contributed by atoms with van der Waals surface area (Å²) in [6.45, 7) is 2.11. The van der Waals surface area contributed by atoms with Gasteiger partial charge in [-0.15, -0.1) is 10.2 Å². The molecular weight excluding hydrogens is 422 g/mol. The Bertz CT molecular complexity index is 851. The van der Waals surface area contributed by atoms with E-state index in [1.54, 1.807) is 4.90 Å². The molecule has 2 saturated heterocycles. The zero-order valence-electron chi connectivity index (χ0n) is 16.6. The normalized spacial score (nSPS) is 20.0. The van der Waals surface area contributed by atoms with E-state index in [1.165, 1.54) is 11.3 Å². The second-order valence-corrected chi connectivity index (χ2v) is 9.46. The number of urea groups is 1. The van der Waals surface area contributed by atoms with E-state index in [4.69, 9.17) is 4.74 Å². The quantitative estimate of drug-likeness (QED) is 0.707. The molecule has 2 aliphatic rings. The van der Waals surface area contributed by atoms with Crippen molar-refractivity contribution >= 4 is 40.2 Å². The molecule has 0 saturated carbocycles. The average molecular weight is 448 g/mol. The van der Waals surface area contributed by atoms with Gasteiger partial charge in [0.15, 0.2) is 0 Å². The summed E-state index contributed by atoms with van der Waals surface area (Å²) in [4.78, 5) is 27.5. The molecule has 2 aliphatic heterocycles. The Morgan fingerprint density at radius 2 is 2.00 bits per heavy atom. The van der Waals surface area contributed by atoms with Gasteiger partial charge >= 0.3 is 6.03 Å². The van der Waals surface area contributed by atoms with E-state index in [9.17, 15) is 9.59 Å². The van der Waals surface area contributed by atoms with Crippen molar-refractivity contribution < 1.29 is 14.3 Å². The van der Waals surface area contributed by atoms with E-state index in [0.29, 0.717) is 24.6 Å². The molecule has 8 nitrogen and oxygen atoms in total. The highest BCUT2D eigenvalue weighted by Gasteiger charge is 2.27. The first-order valence-electron chi connectivity index (χ1n) is 10.1. The van der Waals surface area contributed by atoms with Crippen LogP contribution >= 0.6 is 23.1 Å². The topological polar surface area (TPSA) is 96.5 Å². The number of aromatic nitrogens is 2. The lowest BCUT2D eigenvalue weighted by atomic mass is 10.1. The largest absolute Gasteiger partial charge is 0.371 e. The maximum atomic E-state index is 13.0. The summed E-state index contributed by atoms with van der Waals surface area (Å²) in [5.41, 5.74) is 0.976. The van der Waals surface area contributed by atoms with Crippen molar-refractivity contribution in [2.75, 3.05) is 36.5 Å². The number of carbonyl (C=O) groups is 2. The van der Waals surface area contributed by atoms with Crippen LogP contribution in [0.5, 0.6) is 0 Å². The molecule has 4 rings (SSSR count). The van der Waals surface area contributed by atoms with Crippen LogP contribution in [0.3, 0.4) is 0 Å². The number of amides is 3. The molecule has 0 aliphatic carbocycles. The van der Waals surface area contributed by atoms with E-state index in [0.717, 1.165) is 41.5 Å². The molecule has 2 N–H and O–H groups in total. The van der Waals surface area contributed by atoms with Gasteiger partial charge in [-0.1, -0.05) is 41.7 Å². The number of hydrogen-bond donors (Lipinski definition) is 2. The van der Waals surface area contributed by atoms with Crippen LogP contribution in [-0.4, -0.2) is 64.3 Å². The molecule has 0 spiro atoms. The van der Waals surface area contributed by atoms with E-state index < -0.39 is 6.04 Å². The van der Waals surface area contributed by atoms with Crippen LogP contribution in [0.15, 0.2) is 30.3 Å². The zero-order valence-corrected chi connectivity index (χ0v) is 18.2. The van der Waals surface area contributed by atoms with Gasteiger partial charge in [-0.2, -0.15) is 11.8 Å². The highest BCUT2D eigenvalue weighted by atomic mass is 32.2. The van der Waals surface area contributed by atoms with Gasteiger partial charge in [0.2, 0.25) is 11.0 Å². The fourth-order valence-electron chi connectivity index (χ4n) is 3.45. The van der Waals surface area contributed by atoms with Crippen molar-refractivity contribution in [3.8, 4) is 0 Å².